The lowest BCUT2D eigenvalue weighted by molar-refractivity contribution is -0.131. The summed E-state index contributed by atoms with van der Waals surface area (Å²) in [6.45, 7) is 0.183. The van der Waals surface area contributed by atoms with Gasteiger partial charge in [-0.05, 0) is 30.5 Å². The van der Waals surface area contributed by atoms with Gasteiger partial charge in [-0.25, -0.2) is 0 Å². The Morgan fingerprint density at radius 3 is 2.90 bits per heavy atom. The van der Waals surface area contributed by atoms with Crippen LogP contribution in [0.25, 0.3) is 0 Å². The molecule has 0 spiro atoms. The maximum absolute atomic E-state index is 11.9. The van der Waals surface area contributed by atoms with Crippen molar-refractivity contribution in [3.8, 4) is 0 Å². The molecule has 1 aliphatic rings. The van der Waals surface area contributed by atoms with E-state index in [0.717, 1.165) is 5.56 Å². The van der Waals surface area contributed by atoms with E-state index in [1.165, 1.54) is 0 Å². The average Bonchev–Trinajstić information content (AvgIpc) is 2.48. The molecule has 0 unspecified atom stereocenters. The second-order valence-corrected chi connectivity index (χ2v) is 4.90. The zero-order valence-electron chi connectivity index (χ0n) is 11.2. The summed E-state index contributed by atoms with van der Waals surface area (Å²) < 4.78 is 5.22. The van der Waals surface area contributed by atoms with Gasteiger partial charge in [0.25, 0.3) is 0 Å². The summed E-state index contributed by atoms with van der Waals surface area (Å²) in [7, 11) is 0. The maximum Gasteiger partial charge on any atom is 0.220 e. The lowest BCUT2D eigenvalue weighted by atomic mass is 9.99. The Kier molecular flexibility index (Phi) is 5.46. The first-order chi connectivity index (χ1) is 9.70. The van der Waals surface area contributed by atoms with Crippen LogP contribution in [0, 0.1) is 0 Å². The van der Waals surface area contributed by atoms with E-state index in [4.69, 9.17) is 9.84 Å². The fraction of sp³-hybridized carbons (Fsp3) is 0.571. The molecule has 6 heteroatoms. The molecular weight excluding hydrogens is 260 g/mol. The number of nitrogens with zero attached hydrogens (tertiary/aromatic N) is 1. The van der Waals surface area contributed by atoms with Crippen molar-refractivity contribution in [3.63, 3.8) is 0 Å². The predicted octanol–water partition coefficient (Wildman–Crippen LogP) is -0.359. The molecule has 2 rings (SSSR count). The van der Waals surface area contributed by atoms with Crippen LogP contribution >= 0.6 is 0 Å². The van der Waals surface area contributed by atoms with Crippen molar-refractivity contribution in [1.82, 2.24) is 10.3 Å². The van der Waals surface area contributed by atoms with E-state index in [-0.39, 0.29) is 18.6 Å². The zero-order valence-corrected chi connectivity index (χ0v) is 11.2. The zero-order chi connectivity index (χ0) is 14.4. The third-order valence-corrected chi connectivity index (χ3v) is 3.47. The molecule has 6 nitrogen and oxygen atoms in total. The number of ether oxygens (including phenoxy) is 1. The van der Waals surface area contributed by atoms with Crippen LogP contribution in [0.15, 0.2) is 24.5 Å². The van der Waals surface area contributed by atoms with Gasteiger partial charge in [0.15, 0.2) is 0 Å². The highest BCUT2D eigenvalue weighted by Gasteiger charge is 2.32. The van der Waals surface area contributed by atoms with Crippen molar-refractivity contribution in [2.45, 2.75) is 37.5 Å². The Morgan fingerprint density at radius 1 is 1.45 bits per heavy atom. The van der Waals surface area contributed by atoms with Gasteiger partial charge in [-0.15, -0.1) is 0 Å². The summed E-state index contributed by atoms with van der Waals surface area (Å²) in [5, 5.41) is 21.8. The van der Waals surface area contributed by atoms with Crippen LogP contribution in [0.4, 0.5) is 0 Å². The molecule has 110 valence electrons. The molecule has 3 N–H and O–H groups in total. The van der Waals surface area contributed by atoms with Crippen molar-refractivity contribution in [2.75, 3.05) is 13.2 Å². The summed E-state index contributed by atoms with van der Waals surface area (Å²) in [4.78, 5) is 15.8. The van der Waals surface area contributed by atoms with Gasteiger partial charge in [-0.2, -0.15) is 0 Å². The van der Waals surface area contributed by atoms with E-state index < -0.39 is 12.2 Å². The number of pyridine rings is 1. The molecule has 1 aromatic heterocycles. The monoisotopic (exact) mass is 280 g/mol. The van der Waals surface area contributed by atoms with Gasteiger partial charge in [-0.3, -0.25) is 9.78 Å². The molecular formula is C14H20N2O4. The van der Waals surface area contributed by atoms with Gasteiger partial charge in [0, 0.05) is 25.4 Å². The Bertz CT molecular complexity index is 426. The maximum atomic E-state index is 11.9. The van der Waals surface area contributed by atoms with Crippen molar-refractivity contribution < 1.29 is 19.7 Å². The van der Waals surface area contributed by atoms with Gasteiger partial charge in [0.05, 0.1) is 12.6 Å². The van der Waals surface area contributed by atoms with Crippen molar-refractivity contribution in [1.29, 1.82) is 0 Å². The number of aryl methyl sites for hydroxylation is 1. The number of aliphatic hydroxyl groups excluding tert-OH is 2. The van der Waals surface area contributed by atoms with E-state index in [2.05, 4.69) is 10.3 Å². The fourth-order valence-corrected chi connectivity index (χ4v) is 2.28. The second kappa shape index (κ2) is 7.33. The molecule has 2 heterocycles. The minimum absolute atomic E-state index is 0.107. The Balaban J connectivity index is 1.79. The molecule has 1 saturated heterocycles. The van der Waals surface area contributed by atoms with Gasteiger partial charge in [-0.1, -0.05) is 0 Å². The molecule has 0 saturated carbocycles. The highest BCUT2D eigenvalue weighted by molar-refractivity contribution is 5.76. The van der Waals surface area contributed by atoms with Gasteiger partial charge >= 0.3 is 0 Å². The highest BCUT2D eigenvalue weighted by atomic mass is 16.5. The highest BCUT2D eigenvalue weighted by Crippen LogP contribution is 2.15. The molecule has 0 aliphatic carbocycles. The Hall–Kier alpha value is -1.50. The van der Waals surface area contributed by atoms with Gasteiger partial charge < -0.3 is 20.3 Å². The normalized spacial score (nSPS) is 26.2. The first-order valence-corrected chi connectivity index (χ1v) is 6.79. The quantitative estimate of drug-likeness (QED) is 0.685. The Morgan fingerprint density at radius 2 is 2.20 bits per heavy atom. The van der Waals surface area contributed by atoms with E-state index in [1.807, 2.05) is 12.1 Å². The van der Waals surface area contributed by atoms with Gasteiger partial charge in [0.2, 0.25) is 5.91 Å². The van der Waals surface area contributed by atoms with E-state index in [9.17, 15) is 9.90 Å². The number of carbonyl (C=O) groups excluding carboxylic acids is 1. The van der Waals surface area contributed by atoms with Crippen LogP contribution in [0.5, 0.6) is 0 Å². The third kappa shape index (κ3) is 4.00. The van der Waals surface area contributed by atoms with E-state index >= 15 is 0 Å². The van der Waals surface area contributed by atoms with Crippen LogP contribution in [0.3, 0.4) is 0 Å². The van der Waals surface area contributed by atoms with Crippen molar-refractivity contribution in [2.24, 2.45) is 0 Å². The van der Waals surface area contributed by atoms with Crippen LogP contribution in [-0.4, -0.2) is 52.6 Å². The van der Waals surface area contributed by atoms with Crippen LogP contribution in [0.2, 0.25) is 0 Å². The van der Waals surface area contributed by atoms with Gasteiger partial charge in [0.1, 0.15) is 12.2 Å². The van der Waals surface area contributed by atoms with Crippen LogP contribution in [0.1, 0.15) is 18.4 Å². The number of amides is 1. The summed E-state index contributed by atoms with van der Waals surface area (Å²) in [5.74, 6) is -0.107. The van der Waals surface area contributed by atoms with Crippen LogP contribution < -0.4 is 5.32 Å². The topological polar surface area (TPSA) is 91.7 Å². The third-order valence-electron chi connectivity index (χ3n) is 3.47. The van der Waals surface area contributed by atoms with Crippen molar-refractivity contribution >= 4 is 5.91 Å². The number of hydrogen-bond acceptors (Lipinski definition) is 5. The molecule has 1 amide bonds. The molecule has 20 heavy (non-hydrogen) atoms. The SMILES string of the molecule is O=C(CCc1ccncc1)N[C@H]1CCO[C@H](CO)[C@H]1O. The standard InChI is InChI=1S/C14H20N2O4/c17-9-12-14(19)11(5-8-20-12)16-13(18)2-1-10-3-6-15-7-4-10/h3-4,6-7,11-12,14,17,19H,1-2,5,8-9H2,(H,16,18)/t11-,12+,14-/m0/s1. The number of hydrogen-bond donors (Lipinski definition) is 3. The Labute approximate surface area is 117 Å². The molecule has 0 aromatic carbocycles. The smallest absolute Gasteiger partial charge is 0.220 e. The molecule has 0 bridgehead atoms. The van der Waals surface area contributed by atoms with Crippen LogP contribution in [-0.2, 0) is 16.0 Å². The second-order valence-electron chi connectivity index (χ2n) is 4.90. The lowest BCUT2D eigenvalue weighted by Gasteiger charge is -2.34. The summed E-state index contributed by atoms with van der Waals surface area (Å²) in [6, 6.07) is 3.39. The number of aromatic nitrogens is 1. The summed E-state index contributed by atoms with van der Waals surface area (Å²) >= 11 is 0. The largest absolute Gasteiger partial charge is 0.394 e. The minimum Gasteiger partial charge on any atom is -0.394 e. The average molecular weight is 280 g/mol. The number of aliphatic hydroxyl groups is 2. The number of nitrogens with one attached hydrogen (secondary N) is 1. The minimum atomic E-state index is -0.862. The lowest BCUT2D eigenvalue weighted by Crippen LogP contribution is -2.54. The predicted molar refractivity (Wildman–Crippen MR) is 71.9 cm³/mol. The fourth-order valence-electron chi connectivity index (χ4n) is 2.28. The first kappa shape index (κ1) is 14.9. The number of rotatable bonds is 5. The molecule has 1 fully saturated rings. The number of carbonyl (C=O) groups is 1. The molecule has 3 atom stereocenters. The summed E-state index contributed by atoms with van der Waals surface area (Å²) in [5.41, 5.74) is 1.05. The first-order valence-electron chi connectivity index (χ1n) is 6.79. The summed E-state index contributed by atoms with van der Waals surface area (Å²) in [6.07, 6.45) is 3.46. The van der Waals surface area contributed by atoms with E-state index in [1.54, 1.807) is 12.4 Å². The molecule has 0 radical (unpaired) electrons. The molecule has 1 aliphatic heterocycles. The molecule has 1 aromatic rings. The van der Waals surface area contributed by atoms with E-state index in [0.29, 0.717) is 25.9 Å². The van der Waals surface area contributed by atoms with Crippen molar-refractivity contribution in [3.05, 3.63) is 30.1 Å².